The van der Waals surface area contributed by atoms with Gasteiger partial charge in [-0.1, -0.05) is 19.3 Å². The molecule has 7 nitrogen and oxygen atoms in total. The summed E-state index contributed by atoms with van der Waals surface area (Å²) in [7, 11) is 1.61. The highest BCUT2D eigenvalue weighted by Gasteiger charge is 2.40. The summed E-state index contributed by atoms with van der Waals surface area (Å²) in [5, 5.41) is 9.61. The van der Waals surface area contributed by atoms with Crippen LogP contribution in [0.1, 0.15) is 46.0 Å². The lowest BCUT2D eigenvalue weighted by atomic mass is 9.81. The molecule has 0 radical (unpaired) electrons. The van der Waals surface area contributed by atoms with E-state index >= 15 is 0 Å². The number of carbonyl (C=O) groups is 2. The molecule has 0 spiro atoms. The molecular weight excluding hydrogens is 360 g/mol. The average molecular weight is 388 g/mol. The van der Waals surface area contributed by atoms with Gasteiger partial charge < -0.3 is 19.1 Å². The third kappa shape index (κ3) is 5.38. The molecule has 0 N–H and O–H groups in total. The van der Waals surface area contributed by atoms with Crippen molar-refractivity contribution in [1.29, 1.82) is 5.26 Å². The first-order valence-corrected chi connectivity index (χ1v) is 9.66. The van der Waals surface area contributed by atoms with E-state index in [0.717, 1.165) is 19.3 Å². The van der Waals surface area contributed by atoms with Gasteiger partial charge in [-0.25, -0.2) is 4.79 Å². The topological polar surface area (TPSA) is 88.9 Å². The summed E-state index contributed by atoms with van der Waals surface area (Å²) in [6.07, 6.45) is 3.21. The molecule has 0 aliphatic heterocycles. The number of rotatable bonds is 8. The lowest BCUT2D eigenvalue weighted by molar-refractivity contribution is -0.162. The number of ether oxygens (including phenoxy) is 3. The van der Waals surface area contributed by atoms with Crippen molar-refractivity contribution < 1.29 is 23.8 Å². The molecule has 0 unspecified atom stereocenters. The molecule has 7 heteroatoms. The van der Waals surface area contributed by atoms with Gasteiger partial charge in [0.25, 0.3) is 5.91 Å². The summed E-state index contributed by atoms with van der Waals surface area (Å²) in [6, 6.07) is 9.18. The van der Waals surface area contributed by atoms with E-state index in [2.05, 4.69) is 6.07 Å². The molecule has 2 rings (SSSR count). The molecule has 1 saturated carbocycles. The van der Waals surface area contributed by atoms with Crippen LogP contribution in [0.5, 0.6) is 11.5 Å². The van der Waals surface area contributed by atoms with E-state index in [1.807, 2.05) is 6.92 Å². The molecule has 0 heterocycles. The SMILES string of the molecule is CCOc1ccc(OCC(=O)O[C@@H](C)C(=O)N(C)C2(C#N)CCCCC2)cc1. The quantitative estimate of drug-likeness (QED) is 0.636. The molecule has 1 amide bonds. The van der Waals surface area contributed by atoms with Crippen LogP contribution in [0.25, 0.3) is 0 Å². The van der Waals surface area contributed by atoms with Gasteiger partial charge in [0.15, 0.2) is 12.7 Å². The largest absolute Gasteiger partial charge is 0.494 e. The van der Waals surface area contributed by atoms with Crippen molar-refractivity contribution in [1.82, 2.24) is 4.90 Å². The third-order valence-corrected chi connectivity index (χ3v) is 5.01. The maximum atomic E-state index is 12.7. The molecule has 28 heavy (non-hydrogen) atoms. The van der Waals surface area contributed by atoms with Gasteiger partial charge in [0, 0.05) is 7.05 Å². The predicted molar refractivity (Wildman–Crippen MR) is 103 cm³/mol. The molecule has 1 aromatic carbocycles. The number of amides is 1. The molecule has 1 fully saturated rings. The van der Waals surface area contributed by atoms with Crippen LogP contribution in [0.4, 0.5) is 0 Å². The summed E-state index contributed by atoms with van der Waals surface area (Å²) in [5.41, 5.74) is -0.811. The minimum Gasteiger partial charge on any atom is -0.494 e. The minimum absolute atomic E-state index is 0.307. The number of hydrogen-bond donors (Lipinski definition) is 0. The normalized spacial score (nSPS) is 16.4. The maximum absolute atomic E-state index is 12.7. The first-order valence-electron chi connectivity index (χ1n) is 9.66. The second kappa shape index (κ2) is 9.98. The number of esters is 1. The van der Waals surface area contributed by atoms with E-state index in [-0.39, 0.29) is 12.5 Å². The number of nitrogens with zero attached hydrogens (tertiary/aromatic N) is 2. The zero-order valence-electron chi connectivity index (χ0n) is 16.8. The number of nitriles is 1. The van der Waals surface area contributed by atoms with Crippen molar-refractivity contribution in [3.05, 3.63) is 24.3 Å². The number of benzene rings is 1. The lowest BCUT2D eigenvalue weighted by Gasteiger charge is -2.39. The maximum Gasteiger partial charge on any atom is 0.344 e. The average Bonchev–Trinajstić information content (AvgIpc) is 2.72. The summed E-state index contributed by atoms with van der Waals surface area (Å²) < 4.78 is 15.9. The van der Waals surface area contributed by atoms with Gasteiger partial charge in [-0.15, -0.1) is 0 Å². The fraction of sp³-hybridized carbons (Fsp3) is 0.571. The Hall–Kier alpha value is -2.75. The van der Waals surface area contributed by atoms with E-state index in [9.17, 15) is 14.9 Å². The Kier molecular flexibility index (Phi) is 7.68. The van der Waals surface area contributed by atoms with Gasteiger partial charge >= 0.3 is 5.97 Å². The number of likely N-dealkylation sites (N-methyl/N-ethyl adjacent to an activating group) is 1. The Morgan fingerprint density at radius 2 is 1.71 bits per heavy atom. The molecule has 1 aromatic rings. The monoisotopic (exact) mass is 388 g/mol. The van der Waals surface area contributed by atoms with Gasteiger partial charge in [-0.3, -0.25) is 4.79 Å². The fourth-order valence-corrected chi connectivity index (χ4v) is 3.37. The zero-order chi connectivity index (χ0) is 20.6. The van der Waals surface area contributed by atoms with Gasteiger partial charge in [-0.2, -0.15) is 5.26 Å². The van der Waals surface area contributed by atoms with Gasteiger partial charge in [-0.05, 0) is 51.0 Å². The molecule has 1 aliphatic carbocycles. The second-order valence-corrected chi connectivity index (χ2v) is 6.93. The Morgan fingerprint density at radius 3 is 2.25 bits per heavy atom. The van der Waals surface area contributed by atoms with E-state index in [4.69, 9.17) is 14.2 Å². The summed E-state index contributed by atoms with van der Waals surface area (Å²) in [4.78, 5) is 26.1. The van der Waals surface area contributed by atoms with Crippen LogP contribution in [0.3, 0.4) is 0 Å². The standard InChI is InChI=1S/C21H28N2O5/c1-4-26-17-8-10-18(11-9-17)27-14-19(24)28-16(2)20(25)23(3)21(15-22)12-6-5-7-13-21/h8-11,16H,4-7,12-14H2,1-3H3/t16-/m0/s1. The number of hydrogen-bond acceptors (Lipinski definition) is 6. The summed E-state index contributed by atoms with van der Waals surface area (Å²) in [6.45, 7) is 3.67. The lowest BCUT2D eigenvalue weighted by Crippen LogP contribution is -2.53. The Balaban J connectivity index is 1.85. The Morgan fingerprint density at radius 1 is 1.14 bits per heavy atom. The van der Waals surface area contributed by atoms with Crippen LogP contribution in [0, 0.1) is 11.3 Å². The van der Waals surface area contributed by atoms with Crippen molar-refractivity contribution in [2.75, 3.05) is 20.3 Å². The van der Waals surface area contributed by atoms with Crippen molar-refractivity contribution in [3.63, 3.8) is 0 Å². The number of carbonyl (C=O) groups excluding carboxylic acids is 2. The van der Waals surface area contributed by atoms with Crippen LogP contribution in [0.15, 0.2) is 24.3 Å². The smallest absolute Gasteiger partial charge is 0.344 e. The third-order valence-electron chi connectivity index (χ3n) is 5.01. The Bertz CT molecular complexity index is 705. The van der Waals surface area contributed by atoms with Crippen molar-refractivity contribution in [2.45, 2.75) is 57.6 Å². The van der Waals surface area contributed by atoms with Gasteiger partial charge in [0.1, 0.15) is 17.0 Å². The molecule has 152 valence electrons. The van der Waals surface area contributed by atoms with Crippen LogP contribution in [-0.4, -0.2) is 48.7 Å². The highest BCUT2D eigenvalue weighted by molar-refractivity contribution is 5.84. The minimum atomic E-state index is -0.978. The van der Waals surface area contributed by atoms with Crippen LogP contribution >= 0.6 is 0 Å². The second-order valence-electron chi connectivity index (χ2n) is 6.93. The first-order chi connectivity index (χ1) is 13.4. The first kappa shape index (κ1) is 21.5. The molecule has 0 saturated heterocycles. The summed E-state index contributed by atoms with van der Waals surface area (Å²) in [5.74, 6) is 0.201. The molecule has 0 aromatic heterocycles. The van der Waals surface area contributed by atoms with Crippen LogP contribution in [0.2, 0.25) is 0 Å². The molecule has 1 atom stereocenters. The van der Waals surface area contributed by atoms with Crippen LogP contribution < -0.4 is 9.47 Å². The highest BCUT2D eigenvalue weighted by Crippen LogP contribution is 2.32. The highest BCUT2D eigenvalue weighted by atomic mass is 16.6. The summed E-state index contributed by atoms with van der Waals surface area (Å²) >= 11 is 0. The van der Waals surface area contributed by atoms with Gasteiger partial charge in [0.05, 0.1) is 12.7 Å². The molecule has 0 bridgehead atoms. The van der Waals surface area contributed by atoms with Crippen LogP contribution in [-0.2, 0) is 14.3 Å². The zero-order valence-corrected chi connectivity index (χ0v) is 16.8. The van der Waals surface area contributed by atoms with E-state index < -0.39 is 17.6 Å². The van der Waals surface area contributed by atoms with E-state index in [0.29, 0.717) is 30.9 Å². The van der Waals surface area contributed by atoms with E-state index in [1.165, 1.54) is 11.8 Å². The predicted octanol–water partition coefficient (Wildman–Crippen LogP) is 3.08. The van der Waals surface area contributed by atoms with Gasteiger partial charge in [0.2, 0.25) is 0 Å². The fourth-order valence-electron chi connectivity index (χ4n) is 3.37. The Labute approximate surface area is 166 Å². The van der Waals surface area contributed by atoms with Crippen molar-refractivity contribution in [3.8, 4) is 17.6 Å². The molecule has 1 aliphatic rings. The van der Waals surface area contributed by atoms with Crippen molar-refractivity contribution in [2.24, 2.45) is 0 Å². The molecular formula is C21H28N2O5. The van der Waals surface area contributed by atoms with E-state index in [1.54, 1.807) is 31.3 Å². The van der Waals surface area contributed by atoms with Crippen molar-refractivity contribution >= 4 is 11.9 Å².